The minimum Gasteiger partial charge on any atom is -0.380 e. The SMILES string of the molecule is CC.CCOCCNC(=O)CCC(C)(C)CC(C)(C)CC. The Morgan fingerprint density at radius 3 is 2.10 bits per heavy atom. The smallest absolute Gasteiger partial charge is 0.220 e. The van der Waals surface area contributed by atoms with Gasteiger partial charge in [-0.25, -0.2) is 0 Å². The highest BCUT2D eigenvalue weighted by molar-refractivity contribution is 5.75. The number of carbonyl (C=O) groups excluding carboxylic acids is 1. The Bertz CT molecular complexity index is 260. The maximum absolute atomic E-state index is 11.7. The molecule has 3 heteroatoms. The summed E-state index contributed by atoms with van der Waals surface area (Å²) in [7, 11) is 0. The average Bonchev–Trinajstić information content (AvgIpc) is 2.43. The van der Waals surface area contributed by atoms with Crippen molar-refractivity contribution in [3.05, 3.63) is 0 Å². The van der Waals surface area contributed by atoms with E-state index >= 15 is 0 Å². The van der Waals surface area contributed by atoms with Gasteiger partial charge in [0.05, 0.1) is 6.61 Å². The summed E-state index contributed by atoms with van der Waals surface area (Å²) in [6.45, 7) is 19.2. The van der Waals surface area contributed by atoms with Crippen LogP contribution < -0.4 is 5.32 Å². The zero-order valence-electron chi connectivity index (χ0n) is 15.8. The summed E-state index contributed by atoms with van der Waals surface area (Å²) in [5.41, 5.74) is 0.575. The van der Waals surface area contributed by atoms with Crippen LogP contribution in [0.2, 0.25) is 0 Å². The largest absolute Gasteiger partial charge is 0.380 e. The molecule has 0 spiro atoms. The van der Waals surface area contributed by atoms with Gasteiger partial charge in [-0.1, -0.05) is 54.9 Å². The summed E-state index contributed by atoms with van der Waals surface area (Å²) in [6.07, 6.45) is 3.88. The van der Waals surface area contributed by atoms with E-state index in [4.69, 9.17) is 4.74 Å². The van der Waals surface area contributed by atoms with Gasteiger partial charge in [0.1, 0.15) is 0 Å². The maximum Gasteiger partial charge on any atom is 0.220 e. The van der Waals surface area contributed by atoms with Crippen LogP contribution in [-0.4, -0.2) is 25.7 Å². The van der Waals surface area contributed by atoms with E-state index < -0.39 is 0 Å². The Labute approximate surface area is 133 Å². The molecule has 0 unspecified atom stereocenters. The number of ether oxygens (including phenoxy) is 1. The van der Waals surface area contributed by atoms with Gasteiger partial charge in [0.15, 0.2) is 0 Å². The molecule has 0 fully saturated rings. The highest BCUT2D eigenvalue weighted by Crippen LogP contribution is 2.38. The van der Waals surface area contributed by atoms with Crippen LogP contribution in [0.1, 0.15) is 81.1 Å². The topological polar surface area (TPSA) is 38.3 Å². The molecule has 21 heavy (non-hydrogen) atoms. The van der Waals surface area contributed by atoms with Crippen LogP contribution in [0.3, 0.4) is 0 Å². The number of hydrogen-bond acceptors (Lipinski definition) is 2. The van der Waals surface area contributed by atoms with E-state index in [1.54, 1.807) is 0 Å². The number of rotatable bonds is 10. The molecule has 0 saturated carbocycles. The van der Waals surface area contributed by atoms with Crippen molar-refractivity contribution in [1.82, 2.24) is 5.32 Å². The Hall–Kier alpha value is -0.570. The van der Waals surface area contributed by atoms with Gasteiger partial charge in [0, 0.05) is 19.6 Å². The summed E-state index contributed by atoms with van der Waals surface area (Å²) >= 11 is 0. The van der Waals surface area contributed by atoms with E-state index in [-0.39, 0.29) is 11.3 Å². The first kappa shape index (κ1) is 22.7. The highest BCUT2D eigenvalue weighted by Gasteiger charge is 2.27. The molecule has 0 aliphatic heterocycles. The normalized spacial score (nSPS) is 11.6. The molecule has 0 bridgehead atoms. The second-order valence-electron chi connectivity index (χ2n) is 6.91. The zero-order chi connectivity index (χ0) is 16.9. The van der Waals surface area contributed by atoms with Gasteiger partial charge in [0.2, 0.25) is 5.91 Å². The van der Waals surface area contributed by atoms with Crippen molar-refractivity contribution in [3.8, 4) is 0 Å². The average molecular weight is 302 g/mol. The first-order valence-electron chi connectivity index (χ1n) is 8.57. The molecule has 0 rings (SSSR count). The molecule has 0 aromatic heterocycles. The van der Waals surface area contributed by atoms with Gasteiger partial charge >= 0.3 is 0 Å². The van der Waals surface area contributed by atoms with Crippen molar-refractivity contribution < 1.29 is 9.53 Å². The fraction of sp³-hybridized carbons (Fsp3) is 0.944. The molecule has 0 aliphatic rings. The van der Waals surface area contributed by atoms with Crippen LogP contribution in [0.4, 0.5) is 0 Å². The van der Waals surface area contributed by atoms with E-state index in [1.165, 1.54) is 6.42 Å². The Balaban J connectivity index is 0. The van der Waals surface area contributed by atoms with Crippen molar-refractivity contribution >= 4 is 5.91 Å². The van der Waals surface area contributed by atoms with Gasteiger partial charge in [-0.05, 0) is 30.6 Å². The molecule has 0 aromatic carbocycles. The van der Waals surface area contributed by atoms with E-state index in [0.717, 1.165) is 12.8 Å². The van der Waals surface area contributed by atoms with Crippen molar-refractivity contribution in [2.45, 2.75) is 81.1 Å². The number of nitrogens with one attached hydrogen (secondary N) is 1. The summed E-state index contributed by atoms with van der Waals surface area (Å²) in [6, 6.07) is 0. The van der Waals surface area contributed by atoms with Crippen molar-refractivity contribution in [2.24, 2.45) is 10.8 Å². The summed E-state index contributed by atoms with van der Waals surface area (Å²) in [4.78, 5) is 11.7. The molecule has 1 N–H and O–H groups in total. The highest BCUT2D eigenvalue weighted by atomic mass is 16.5. The lowest BCUT2D eigenvalue weighted by Gasteiger charge is -2.34. The molecule has 0 atom stereocenters. The molecule has 3 nitrogen and oxygen atoms in total. The van der Waals surface area contributed by atoms with Crippen LogP contribution in [0.5, 0.6) is 0 Å². The Morgan fingerprint density at radius 2 is 1.62 bits per heavy atom. The molecule has 0 saturated heterocycles. The lowest BCUT2D eigenvalue weighted by atomic mass is 9.72. The lowest BCUT2D eigenvalue weighted by molar-refractivity contribution is -0.122. The number of carbonyl (C=O) groups is 1. The van der Waals surface area contributed by atoms with E-state index in [2.05, 4.69) is 39.9 Å². The van der Waals surface area contributed by atoms with Gasteiger partial charge in [-0.3, -0.25) is 4.79 Å². The standard InChI is InChI=1S/C16H33NO2.C2H6/c1-7-15(3,4)13-16(5,6)10-9-14(18)17-11-12-19-8-2;1-2/h7-13H2,1-6H3,(H,17,18);1-2H3. The van der Waals surface area contributed by atoms with Gasteiger partial charge < -0.3 is 10.1 Å². The zero-order valence-corrected chi connectivity index (χ0v) is 15.8. The van der Waals surface area contributed by atoms with E-state index in [9.17, 15) is 4.79 Å². The Morgan fingerprint density at radius 1 is 1.05 bits per heavy atom. The monoisotopic (exact) mass is 301 g/mol. The van der Waals surface area contributed by atoms with Crippen LogP contribution >= 0.6 is 0 Å². The molecule has 0 aromatic rings. The van der Waals surface area contributed by atoms with Crippen LogP contribution in [0.15, 0.2) is 0 Å². The van der Waals surface area contributed by atoms with E-state index in [0.29, 0.717) is 31.6 Å². The summed E-state index contributed by atoms with van der Waals surface area (Å²) in [5, 5.41) is 2.90. The van der Waals surface area contributed by atoms with Crippen molar-refractivity contribution in [2.75, 3.05) is 19.8 Å². The second kappa shape index (κ2) is 12.0. The van der Waals surface area contributed by atoms with Crippen LogP contribution in [0.25, 0.3) is 0 Å². The molecule has 0 heterocycles. The summed E-state index contributed by atoms with van der Waals surface area (Å²) in [5.74, 6) is 0.141. The van der Waals surface area contributed by atoms with Crippen LogP contribution in [-0.2, 0) is 9.53 Å². The molecule has 128 valence electrons. The van der Waals surface area contributed by atoms with Crippen molar-refractivity contribution in [3.63, 3.8) is 0 Å². The quantitative estimate of drug-likeness (QED) is 0.589. The van der Waals surface area contributed by atoms with Gasteiger partial charge in [0.25, 0.3) is 0 Å². The third kappa shape index (κ3) is 14.1. The summed E-state index contributed by atoms with van der Waals surface area (Å²) < 4.78 is 5.19. The fourth-order valence-corrected chi connectivity index (χ4v) is 2.46. The predicted octanol–water partition coefficient (Wildman–Crippen LogP) is 4.80. The predicted molar refractivity (Wildman–Crippen MR) is 92.6 cm³/mol. The first-order valence-corrected chi connectivity index (χ1v) is 8.57. The van der Waals surface area contributed by atoms with Gasteiger partial charge in [-0.15, -0.1) is 0 Å². The second-order valence-corrected chi connectivity index (χ2v) is 6.91. The molecule has 0 aliphatic carbocycles. The minimum atomic E-state index is 0.141. The number of hydrogen-bond donors (Lipinski definition) is 1. The lowest BCUT2D eigenvalue weighted by Crippen LogP contribution is -2.29. The molecule has 0 radical (unpaired) electrons. The minimum absolute atomic E-state index is 0.141. The molecule has 1 amide bonds. The van der Waals surface area contributed by atoms with Gasteiger partial charge in [-0.2, -0.15) is 0 Å². The third-order valence-corrected chi connectivity index (χ3v) is 3.72. The third-order valence-electron chi connectivity index (χ3n) is 3.72. The molecular formula is C18H39NO2. The van der Waals surface area contributed by atoms with E-state index in [1.807, 2.05) is 20.8 Å². The molecular weight excluding hydrogens is 262 g/mol. The van der Waals surface area contributed by atoms with Crippen molar-refractivity contribution in [1.29, 1.82) is 0 Å². The maximum atomic E-state index is 11.7. The number of amides is 1. The Kier molecular flexibility index (Phi) is 13.0. The fourth-order valence-electron chi connectivity index (χ4n) is 2.46. The van der Waals surface area contributed by atoms with Crippen LogP contribution in [0, 0.1) is 10.8 Å². The first-order chi connectivity index (χ1) is 9.72.